The lowest BCUT2D eigenvalue weighted by molar-refractivity contribution is -0.119. The van der Waals surface area contributed by atoms with E-state index in [9.17, 15) is 9.59 Å². The van der Waals surface area contributed by atoms with E-state index in [4.69, 9.17) is 4.74 Å². The molecular formula is C28H30N2O3S. The second-order valence-corrected chi connectivity index (χ2v) is 10.6. The van der Waals surface area contributed by atoms with Gasteiger partial charge in [0.1, 0.15) is 11.1 Å². The first-order chi connectivity index (χ1) is 16.2. The summed E-state index contributed by atoms with van der Waals surface area (Å²) in [6.45, 7) is 5.41. The molecule has 1 fully saturated rings. The molecule has 0 heterocycles. The summed E-state index contributed by atoms with van der Waals surface area (Å²) in [6.07, 6.45) is -0.0682. The van der Waals surface area contributed by atoms with Crippen molar-refractivity contribution in [2.45, 2.75) is 54.9 Å². The van der Waals surface area contributed by atoms with Crippen molar-refractivity contribution in [2.24, 2.45) is 0 Å². The molecular weight excluding hydrogens is 444 g/mol. The monoisotopic (exact) mass is 474 g/mol. The van der Waals surface area contributed by atoms with Crippen LogP contribution in [-0.2, 0) is 15.3 Å². The summed E-state index contributed by atoms with van der Waals surface area (Å²) in [6, 6.07) is 27.9. The van der Waals surface area contributed by atoms with Crippen LogP contribution in [0, 0.1) is 0 Å². The Labute approximate surface area is 205 Å². The largest absolute Gasteiger partial charge is 0.444 e. The van der Waals surface area contributed by atoms with Gasteiger partial charge in [0.25, 0.3) is 5.91 Å². The van der Waals surface area contributed by atoms with E-state index < -0.39 is 17.2 Å². The molecule has 2 unspecified atom stereocenters. The summed E-state index contributed by atoms with van der Waals surface area (Å²) >= 11 is 1.74. The lowest BCUT2D eigenvalue weighted by Gasteiger charge is -2.24. The first-order valence-corrected chi connectivity index (χ1v) is 12.4. The van der Waals surface area contributed by atoms with Crippen LogP contribution in [0.2, 0.25) is 0 Å². The molecule has 2 atom stereocenters. The van der Waals surface area contributed by atoms with Crippen LogP contribution in [0.3, 0.4) is 0 Å². The Bertz CT molecular complexity index is 1130. The summed E-state index contributed by atoms with van der Waals surface area (Å²) in [5.74, 6) is 0.535. The van der Waals surface area contributed by atoms with Gasteiger partial charge in [-0.25, -0.2) is 4.79 Å². The Morgan fingerprint density at radius 1 is 0.941 bits per heavy atom. The van der Waals surface area contributed by atoms with Gasteiger partial charge in [-0.15, -0.1) is 11.8 Å². The maximum absolute atomic E-state index is 13.4. The van der Waals surface area contributed by atoms with E-state index in [0.717, 1.165) is 16.2 Å². The third kappa shape index (κ3) is 6.00. The number of carbonyl (C=O) groups excluding carboxylic acids is 2. The van der Waals surface area contributed by atoms with Crippen molar-refractivity contribution < 1.29 is 14.3 Å². The van der Waals surface area contributed by atoms with E-state index in [1.165, 1.54) is 5.56 Å². The molecule has 34 heavy (non-hydrogen) atoms. The lowest BCUT2D eigenvalue weighted by atomic mass is 10.1. The van der Waals surface area contributed by atoms with Crippen LogP contribution in [0.15, 0.2) is 89.8 Å². The van der Waals surface area contributed by atoms with Crippen molar-refractivity contribution in [3.63, 3.8) is 0 Å². The Hall–Kier alpha value is -3.25. The number of ether oxygens (including phenoxy) is 1. The fourth-order valence-electron chi connectivity index (χ4n) is 3.90. The Morgan fingerprint density at radius 2 is 1.56 bits per heavy atom. The standard InChI is InChI=1S/C28H30N2O3S/c1-27(2,3)33-26(32)30-28(18-24(28)21-12-8-5-9-13-21)25(31)29-22-14-16-23(17-15-22)34-19-20-10-6-4-7-11-20/h4-17,24H,18-19H2,1-3H3,(H,29,31)(H,30,32). The van der Waals surface area contributed by atoms with Gasteiger partial charge >= 0.3 is 6.09 Å². The predicted molar refractivity (Wildman–Crippen MR) is 137 cm³/mol. The summed E-state index contributed by atoms with van der Waals surface area (Å²) < 4.78 is 5.44. The minimum Gasteiger partial charge on any atom is -0.444 e. The molecule has 2 N–H and O–H groups in total. The molecule has 6 heteroatoms. The fourth-order valence-corrected chi connectivity index (χ4v) is 4.75. The number of hydrogen-bond donors (Lipinski definition) is 2. The van der Waals surface area contributed by atoms with Crippen LogP contribution in [0.25, 0.3) is 0 Å². The highest BCUT2D eigenvalue weighted by atomic mass is 32.2. The molecule has 0 saturated heterocycles. The Morgan fingerprint density at radius 3 is 2.18 bits per heavy atom. The van der Waals surface area contributed by atoms with Crippen LogP contribution < -0.4 is 10.6 Å². The number of nitrogens with one attached hydrogen (secondary N) is 2. The molecule has 0 bridgehead atoms. The molecule has 1 saturated carbocycles. The molecule has 3 aromatic rings. The highest BCUT2D eigenvalue weighted by Crippen LogP contribution is 2.52. The smallest absolute Gasteiger partial charge is 0.408 e. The van der Waals surface area contributed by atoms with Crippen molar-refractivity contribution in [2.75, 3.05) is 5.32 Å². The van der Waals surface area contributed by atoms with Crippen molar-refractivity contribution >= 4 is 29.4 Å². The zero-order chi connectivity index (χ0) is 24.2. The average molecular weight is 475 g/mol. The molecule has 176 valence electrons. The Balaban J connectivity index is 1.44. The second kappa shape index (κ2) is 9.94. The van der Waals surface area contributed by atoms with E-state index in [2.05, 4.69) is 22.8 Å². The van der Waals surface area contributed by atoms with Crippen LogP contribution in [0.4, 0.5) is 10.5 Å². The molecule has 3 aromatic carbocycles. The van der Waals surface area contributed by atoms with E-state index >= 15 is 0 Å². The zero-order valence-electron chi connectivity index (χ0n) is 19.7. The maximum Gasteiger partial charge on any atom is 0.408 e. The number of hydrogen-bond acceptors (Lipinski definition) is 4. The molecule has 0 aliphatic heterocycles. The fraction of sp³-hybridized carbons (Fsp3) is 0.286. The molecule has 5 nitrogen and oxygen atoms in total. The number of benzene rings is 3. The summed E-state index contributed by atoms with van der Waals surface area (Å²) in [5, 5.41) is 5.86. The van der Waals surface area contributed by atoms with Crippen LogP contribution in [0.5, 0.6) is 0 Å². The highest BCUT2D eigenvalue weighted by molar-refractivity contribution is 7.98. The van der Waals surface area contributed by atoms with Crippen LogP contribution in [-0.4, -0.2) is 23.1 Å². The highest BCUT2D eigenvalue weighted by Gasteiger charge is 2.62. The first kappa shape index (κ1) is 23.9. The third-order valence-corrected chi connectivity index (χ3v) is 6.74. The molecule has 0 radical (unpaired) electrons. The number of rotatable bonds is 7. The maximum atomic E-state index is 13.4. The van der Waals surface area contributed by atoms with Crippen molar-refractivity contribution in [1.29, 1.82) is 0 Å². The van der Waals surface area contributed by atoms with Crippen LogP contribution >= 0.6 is 11.8 Å². The van der Waals surface area contributed by atoms with Crippen molar-refractivity contribution in [1.82, 2.24) is 5.32 Å². The average Bonchev–Trinajstić information content (AvgIpc) is 3.54. The van der Waals surface area contributed by atoms with Gasteiger partial charge in [-0.05, 0) is 62.6 Å². The summed E-state index contributed by atoms with van der Waals surface area (Å²) in [7, 11) is 0. The molecule has 1 aliphatic rings. The Kier molecular flexibility index (Phi) is 6.98. The van der Waals surface area contributed by atoms with E-state index in [0.29, 0.717) is 12.1 Å². The number of amides is 2. The van der Waals surface area contributed by atoms with Gasteiger partial charge in [0.2, 0.25) is 0 Å². The summed E-state index contributed by atoms with van der Waals surface area (Å²) in [5.41, 5.74) is 1.29. The minimum atomic E-state index is -1.04. The van der Waals surface area contributed by atoms with Gasteiger partial charge in [-0.1, -0.05) is 60.7 Å². The topological polar surface area (TPSA) is 67.4 Å². The van der Waals surface area contributed by atoms with E-state index in [1.54, 1.807) is 32.5 Å². The van der Waals surface area contributed by atoms with Crippen molar-refractivity contribution in [3.8, 4) is 0 Å². The SMILES string of the molecule is CC(C)(C)OC(=O)NC1(C(=O)Nc2ccc(SCc3ccccc3)cc2)CC1c1ccccc1. The van der Waals surface area contributed by atoms with Gasteiger partial charge in [0.05, 0.1) is 0 Å². The van der Waals surface area contributed by atoms with E-state index in [-0.39, 0.29) is 11.8 Å². The predicted octanol–water partition coefficient (Wildman–Crippen LogP) is 6.37. The second-order valence-electron chi connectivity index (χ2n) is 9.52. The summed E-state index contributed by atoms with van der Waals surface area (Å²) in [4.78, 5) is 27.1. The lowest BCUT2D eigenvalue weighted by Crippen LogP contribution is -2.49. The van der Waals surface area contributed by atoms with E-state index in [1.807, 2.05) is 72.8 Å². The number of thioether (sulfide) groups is 1. The van der Waals surface area contributed by atoms with Crippen molar-refractivity contribution in [3.05, 3.63) is 96.1 Å². The molecule has 1 aliphatic carbocycles. The first-order valence-electron chi connectivity index (χ1n) is 11.4. The van der Waals surface area contributed by atoms with Gasteiger partial charge in [0, 0.05) is 22.3 Å². The number of anilines is 1. The normalized spacial score (nSPS) is 19.2. The minimum absolute atomic E-state index is 0.109. The molecule has 2 amide bonds. The van der Waals surface area contributed by atoms with Gasteiger partial charge in [-0.2, -0.15) is 0 Å². The molecule has 0 spiro atoms. The van der Waals surface area contributed by atoms with Gasteiger partial charge < -0.3 is 15.4 Å². The number of alkyl carbamates (subject to hydrolysis) is 1. The van der Waals surface area contributed by atoms with Crippen LogP contribution in [0.1, 0.15) is 44.2 Å². The number of carbonyl (C=O) groups is 2. The molecule has 4 rings (SSSR count). The van der Waals surface area contributed by atoms with Gasteiger partial charge in [0.15, 0.2) is 0 Å². The zero-order valence-corrected chi connectivity index (χ0v) is 20.5. The van der Waals surface area contributed by atoms with Gasteiger partial charge in [-0.3, -0.25) is 4.79 Å². The molecule has 0 aromatic heterocycles. The quantitative estimate of drug-likeness (QED) is 0.391. The third-order valence-electron chi connectivity index (χ3n) is 5.65.